The van der Waals surface area contributed by atoms with E-state index in [-0.39, 0.29) is 11.9 Å². The summed E-state index contributed by atoms with van der Waals surface area (Å²) in [4.78, 5) is 26.7. The Hall–Kier alpha value is -3.28. The molecule has 0 saturated carbocycles. The summed E-state index contributed by atoms with van der Waals surface area (Å²) in [6, 6.07) is 15.8. The molecule has 6 heteroatoms. The second-order valence-electron chi connectivity index (χ2n) is 6.03. The molecule has 26 heavy (non-hydrogen) atoms. The van der Waals surface area contributed by atoms with Crippen LogP contribution in [0.1, 0.15) is 18.5 Å². The average Bonchev–Trinajstić information content (AvgIpc) is 2.66. The van der Waals surface area contributed by atoms with E-state index >= 15 is 0 Å². The molecule has 2 aromatic rings. The van der Waals surface area contributed by atoms with Crippen LogP contribution in [0.15, 0.2) is 65.9 Å². The van der Waals surface area contributed by atoms with Crippen LogP contribution in [0, 0.1) is 0 Å². The number of rotatable bonds is 4. The Morgan fingerprint density at radius 1 is 1.12 bits per heavy atom. The third kappa shape index (κ3) is 3.39. The van der Waals surface area contributed by atoms with Gasteiger partial charge in [-0.3, -0.25) is 4.79 Å². The highest BCUT2D eigenvalue weighted by Crippen LogP contribution is 2.31. The van der Waals surface area contributed by atoms with Crippen LogP contribution >= 0.6 is 0 Å². The molecular formula is C20H21N3O3. The SMILES string of the molecule is COc1ccc([C@H]2NC(=O)N(C)C(C)=C2C(=O)Nc2ccccc2)cc1. The maximum Gasteiger partial charge on any atom is 0.322 e. The van der Waals surface area contributed by atoms with Crippen molar-refractivity contribution < 1.29 is 14.3 Å². The van der Waals surface area contributed by atoms with E-state index in [1.165, 1.54) is 4.90 Å². The lowest BCUT2D eigenvalue weighted by atomic mass is 9.94. The van der Waals surface area contributed by atoms with E-state index in [1.54, 1.807) is 21.1 Å². The Balaban J connectivity index is 1.98. The molecule has 0 aromatic heterocycles. The number of allylic oxidation sites excluding steroid dienone is 1. The molecule has 0 saturated heterocycles. The molecule has 1 atom stereocenters. The van der Waals surface area contributed by atoms with Gasteiger partial charge in [-0.25, -0.2) is 4.79 Å². The van der Waals surface area contributed by atoms with Crippen molar-refractivity contribution >= 4 is 17.6 Å². The summed E-state index contributed by atoms with van der Waals surface area (Å²) in [6.07, 6.45) is 0. The van der Waals surface area contributed by atoms with Gasteiger partial charge in [-0.05, 0) is 36.8 Å². The van der Waals surface area contributed by atoms with Gasteiger partial charge in [0.25, 0.3) is 5.91 Å². The molecular weight excluding hydrogens is 330 g/mol. The third-order valence-electron chi connectivity index (χ3n) is 4.48. The molecule has 0 bridgehead atoms. The highest BCUT2D eigenvalue weighted by molar-refractivity contribution is 6.06. The van der Waals surface area contributed by atoms with Gasteiger partial charge in [-0.2, -0.15) is 0 Å². The summed E-state index contributed by atoms with van der Waals surface area (Å²) in [5.41, 5.74) is 2.62. The van der Waals surface area contributed by atoms with Crippen molar-refractivity contribution in [3.05, 3.63) is 71.4 Å². The topological polar surface area (TPSA) is 70.7 Å². The van der Waals surface area contributed by atoms with E-state index in [1.807, 2.05) is 54.6 Å². The van der Waals surface area contributed by atoms with E-state index in [0.29, 0.717) is 22.7 Å². The first-order chi connectivity index (χ1) is 12.5. The first-order valence-corrected chi connectivity index (χ1v) is 8.26. The van der Waals surface area contributed by atoms with Gasteiger partial charge in [0.05, 0.1) is 18.7 Å². The summed E-state index contributed by atoms with van der Waals surface area (Å²) in [7, 11) is 3.24. The van der Waals surface area contributed by atoms with Gasteiger partial charge in [0.15, 0.2) is 0 Å². The molecule has 0 aliphatic carbocycles. The Morgan fingerprint density at radius 2 is 1.77 bits per heavy atom. The maximum atomic E-state index is 13.0. The fourth-order valence-electron chi connectivity index (χ4n) is 2.90. The second kappa shape index (κ2) is 7.31. The highest BCUT2D eigenvalue weighted by Gasteiger charge is 2.34. The minimum Gasteiger partial charge on any atom is -0.497 e. The average molecular weight is 351 g/mol. The van der Waals surface area contributed by atoms with Gasteiger partial charge in [0.2, 0.25) is 0 Å². The molecule has 6 nitrogen and oxygen atoms in total. The molecule has 1 aliphatic rings. The van der Waals surface area contributed by atoms with Crippen LogP contribution in [-0.4, -0.2) is 31.0 Å². The number of carbonyl (C=O) groups excluding carboxylic acids is 2. The fraction of sp³-hybridized carbons (Fsp3) is 0.200. The quantitative estimate of drug-likeness (QED) is 0.888. The molecule has 134 valence electrons. The largest absolute Gasteiger partial charge is 0.497 e. The Morgan fingerprint density at radius 3 is 2.38 bits per heavy atom. The molecule has 3 rings (SSSR count). The highest BCUT2D eigenvalue weighted by atomic mass is 16.5. The number of amides is 3. The number of para-hydroxylation sites is 1. The minimum absolute atomic E-state index is 0.249. The van der Waals surface area contributed by atoms with Crippen LogP contribution in [-0.2, 0) is 4.79 Å². The number of ether oxygens (including phenoxy) is 1. The summed E-state index contributed by atoms with van der Waals surface area (Å²) in [5, 5.41) is 5.79. The Kier molecular flexibility index (Phi) is 4.93. The van der Waals surface area contributed by atoms with Crippen molar-refractivity contribution in [2.75, 3.05) is 19.5 Å². The molecule has 0 spiro atoms. The van der Waals surface area contributed by atoms with Crippen LogP contribution in [0.2, 0.25) is 0 Å². The van der Waals surface area contributed by atoms with Crippen molar-refractivity contribution in [2.24, 2.45) is 0 Å². The number of nitrogens with zero attached hydrogens (tertiary/aromatic N) is 1. The van der Waals surface area contributed by atoms with Crippen LogP contribution in [0.25, 0.3) is 0 Å². The number of anilines is 1. The summed E-state index contributed by atoms with van der Waals surface area (Å²) < 4.78 is 5.18. The maximum absolute atomic E-state index is 13.0. The van der Waals surface area contributed by atoms with Crippen molar-refractivity contribution in [1.82, 2.24) is 10.2 Å². The van der Waals surface area contributed by atoms with Crippen molar-refractivity contribution in [3.8, 4) is 5.75 Å². The van der Waals surface area contributed by atoms with Crippen LogP contribution in [0.5, 0.6) is 5.75 Å². The van der Waals surface area contributed by atoms with Crippen molar-refractivity contribution in [2.45, 2.75) is 13.0 Å². The van der Waals surface area contributed by atoms with Gasteiger partial charge < -0.3 is 20.3 Å². The molecule has 2 N–H and O–H groups in total. The van der Waals surface area contributed by atoms with Crippen molar-refractivity contribution in [1.29, 1.82) is 0 Å². The normalized spacial score (nSPS) is 17.0. The number of carbonyl (C=O) groups is 2. The van der Waals surface area contributed by atoms with Gasteiger partial charge in [0, 0.05) is 18.4 Å². The predicted octanol–water partition coefficient (Wildman–Crippen LogP) is 3.30. The minimum atomic E-state index is -0.534. The number of urea groups is 1. The summed E-state index contributed by atoms with van der Waals surface area (Å²) in [5.74, 6) is 0.463. The van der Waals surface area contributed by atoms with E-state index in [0.717, 1.165) is 5.56 Å². The molecule has 0 radical (unpaired) electrons. The zero-order valence-electron chi connectivity index (χ0n) is 14.9. The van der Waals surface area contributed by atoms with Gasteiger partial charge in [0.1, 0.15) is 5.75 Å². The smallest absolute Gasteiger partial charge is 0.322 e. The van der Waals surface area contributed by atoms with Gasteiger partial charge in [-0.1, -0.05) is 30.3 Å². The van der Waals surface area contributed by atoms with Crippen molar-refractivity contribution in [3.63, 3.8) is 0 Å². The monoisotopic (exact) mass is 351 g/mol. The number of hydrogen-bond donors (Lipinski definition) is 2. The van der Waals surface area contributed by atoms with E-state index in [9.17, 15) is 9.59 Å². The standard InChI is InChI=1S/C20H21N3O3/c1-13-17(19(24)21-15-7-5-4-6-8-15)18(22-20(25)23(13)2)14-9-11-16(26-3)12-10-14/h4-12,18H,1-3H3,(H,21,24)(H,22,25)/t18-/m1/s1. The second-order valence-corrected chi connectivity index (χ2v) is 6.03. The Labute approximate surface area is 152 Å². The first kappa shape index (κ1) is 17.5. The van der Waals surface area contributed by atoms with E-state index < -0.39 is 6.04 Å². The molecule has 2 aromatic carbocycles. The van der Waals surface area contributed by atoms with Crippen LogP contribution in [0.4, 0.5) is 10.5 Å². The molecule has 1 heterocycles. The molecule has 0 fully saturated rings. The predicted molar refractivity (Wildman–Crippen MR) is 99.8 cm³/mol. The summed E-state index contributed by atoms with van der Waals surface area (Å²) >= 11 is 0. The molecule has 0 unspecified atom stereocenters. The van der Waals surface area contributed by atoms with E-state index in [2.05, 4.69) is 10.6 Å². The number of hydrogen-bond acceptors (Lipinski definition) is 3. The zero-order valence-corrected chi connectivity index (χ0v) is 14.9. The molecule has 1 aliphatic heterocycles. The van der Waals surface area contributed by atoms with Crippen LogP contribution in [0.3, 0.4) is 0 Å². The lowest BCUT2D eigenvalue weighted by molar-refractivity contribution is -0.113. The Bertz CT molecular complexity index is 844. The zero-order chi connectivity index (χ0) is 18.7. The number of methoxy groups -OCH3 is 1. The van der Waals surface area contributed by atoms with E-state index in [4.69, 9.17) is 4.74 Å². The number of benzene rings is 2. The lowest BCUT2D eigenvalue weighted by Crippen LogP contribution is -2.46. The summed E-state index contributed by atoms with van der Waals surface area (Å²) in [6.45, 7) is 1.77. The first-order valence-electron chi connectivity index (χ1n) is 8.26. The van der Waals surface area contributed by atoms with Crippen LogP contribution < -0.4 is 15.4 Å². The van der Waals surface area contributed by atoms with Gasteiger partial charge >= 0.3 is 6.03 Å². The third-order valence-corrected chi connectivity index (χ3v) is 4.48. The fourth-order valence-corrected chi connectivity index (χ4v) is 2.90. The number of nitrogens with one attached hydrogen (secondary N) is 2. The lowest BCUT2D eigenvalue weighted by Gasteiger charge is -2.33. The van der Waals surface area contributed by atoms with Gasteiger partial charge in [-0.15, -0.1) is 0 Å². The molecule has 3 amide bonds.